The van der Waals surface area contributed by atoms with E-state index in [9.17, 15) is 10.1 Å². The van der Waals surface area contributed by atoms with Gasteiger partial charge in [-0.15, -0.1) is 0 Å². The van der Waals surface area contributed by atoms with Crippen LogP contribution in [-0.4, -0.2) is 9.91 Å². The van der Waals surface area contributed by atoms with Crippen LogP contribution >= 0.6 is 0 Å². The summed E-state index contributed by atoms with van der Waals surface area (Å²) >= 11 is 0. The van der Waals surface area contributed by atoms with Crippen LogP contribution in [0.25, 0.3) is 0 Å². The molecule has 0 spiro atoms. The number of pyridine rings is 1. The van der Waals surface area contributed by atoms with Gasteiger partial charge in [0.05, 0.1) is 4.92 Å². The van der Waals surface area contributed by atoms with Gasteiger partial charge < -0.3 is 0 Å². The zero-order valence-electron chi connectivity index (χ0n) is 7.94. The lowest BCUT2D eigenvalue weighted by Gasteiger charge is -2.17. The molecule has 0 bridgehead atoms. The van der Waals surface area contributed by atoms with Crippen molar-refractivity contribution in [2.45, 2.75) is 26.2 Å². The molecule has 70 valence electrons. The Hall–Kier alpha value is -1.45. The highest BCUT2D eigenvalue weighted by atomic mass is 16.6. The van der Waals surface area contributed by atoms with Gasteiger partial charge in [-0.2, -0.15) is 0 Å². The van der Waals surface area contributed by atoms with E-state index in [4.69, 9.17) is 0 Å². The zero-order valence-corrected chi connectivity index (χ0v) is 7.94. The van der Waals surface area contributed by atoms with Crippen molar-refractivity contribution in [3.8, 4) is 0 Å². The minimum absolute atomic E-state index is 0.0485. The van der Waals surface area contributed by atoms with E-state index in [0.717, 1.165) is 5.56 Å². The number of hydrogen-bond acceptors (Lipinski definition) is 3. The smallest absolute Gasteiger partial charge is 0.258 e. The molecule has 1 aromatic rings. The van der Waals surface area contributed by atoms with Gasteiger partial charge in [0.1, 0.15) is 6.20 Å². The first-order chi connectivity index (χ1) is 5.91. The average molecular weight is 180 g/mol. The molecule has 1 aromatic heterocycles. The Morgan fingerprint density at radius 1 is 1.38 bits per heavy atom. The molecule has 0 aliphatic rings. The van der Waals surface area contributed by atoms with Crippen molar-refractivity contribution in [1.29, 1.82) is 0 Å². The molecule has 4 heteroatoms. The Kier molecular flexibility index (Phi) is 2.32. The van der Waals surface area contributed by atoms with E-state index in [-0.39, 0.29) is 11.1 Å². The second-order valence-corrected chi connectivity index (χ2v) is 3.94. The highest BCUT2D eigenvalue weighted by Gasteiger charge is 2.17. The summed E-state index contributed by atoms with van der Waals surface area (Å²) in [5.74, 6) is 0. The van der Waals surface area contributed by atoms with Gasteiger partial charge in [0, 0.05) is 12.3 Å². The monoisotopic (exact) mass is 180 g/mol. The van der Waals surface area contributed by atoms with E-state index in [1.807, 2.05) is 20.8 Å². The standard InChI is InChI=1S/C9H12N2O2/c1-9(2,3)7-4-8(11(12)13)6-10-5-7/h4-6H,1-3H3. The van der Waals surface area contributed by atoms with Crippen molar-refractivity contribution < 1.29 is 4.92 Å². The minimum atomic E-state index is -0.428. The molecule has 0 unspecified atom stereocenters. The second-order valence-electron chi connectivity index (χ2n) is 3.94. The third-order valence-electron chi connectivity index (χ3n) is 1.80. The molecule has 4 nitrogen and oxygen atoms in total. The minimum Gasteiger partial charge on any atom is -0.258 e. The predicted molar refractivity (Wildman–Crippen MR) is 49.6 cm³/mol. The molecule has 0 aromatic carbocycles. The van der Waals surface area contributed by atoms with Crippen LogP contribution in [0.3, 0.4) is 0 Å². The Balaban J connectivity index is 3.13. The Morgan fingerprint density at radius 2 is 2.00 bits per heavy atom. The van der Waals surface area contributed by atoms with Gasteiger partial charge in [-0.3, -0.25) is 15.1 Å². The molecule has 1 heterocycles. The van der Waals surface area contributed by atoms with Crippen LogP contribution in [0.15, 0.2) is 18.5 Å². The largest absolute Gasteiger partial charge is 0.287 e. The van der Waals surface area contributed by atoms with Crippen molar-refractivity contribution in [1.82, 2.24) is 4.98 Å². The number of hydrogen-bond donors (Lipinski definition) is 0. The molecule has 13 heavy (non-hydrogen) atoms. The molecular weight excluding hydrogens is 168 g/mol. The summed E-state index contributed by atoms with van der Waals surface area (Å²) in [4.78, 5) is 13.8. The summed E-state index contributed by atoms with van der Waals surface area (Å²) in [6.07, 6.45) is 2.92. The van der Waals surface area contributed by atoms with E-state index < -0.39 is 4.92 Å². The number of nitro groups is 1. The van der Waals surface area contributed by atoms with Gasteiger partial charge in [-0.25, -0.2) is 0 Å². The highest BCUT2D eigenvalue weighted by Crippen LogP contribution is 2.23. The van der Waals surface area contributed by atoms with Crippen LogP contribution in [-0.2, 0) is 5.41 Å². The maximum atomic E-state index is 10.4. The SMILES string of the molecule is CC(C)(C)c1cncc([N+](=O)[O-])c1. The van der Waals surface area contributed by atoms with Crippen LogP contribution in [0.2, 0.25) is 0 Å². The molecule has 0 amide bonds. The Morgan fingerprint density at radius 3 is 2.46 bits per heavy atom. The fourth-order valence-corrected chi connectivity index (χ4v) is 0.938. The lowest BCUT2D eigenvalue weighted by atomic mass is 9.88. The van der Waals surface area contributed by atoms with Crippen molar-refractivity contribution in [3.63, 3.8) is 0 Å². The van der Waals surface area contributed by atoms with E-state index in [0.29, 0.717) is 0 Å². The van der Waals surface area contributed by atoms with Gasteiger partial charge in [-0.1, -0.05) is 20.8 Å². The lowest BCUT2D eigenvalue weighted by Crippen LogP contribution is -2.11. The molecule has 0 fully saturated rings. The number of rotatable bonds is 1. The molecule has 0 radical (unpaired) electrons. The van der Waals surface area contributed by atoms with Crippen LogP contribution in [0.1, 0.15) is 26.3 Å². The second kappa shape index (κ2) is 3.12. The zero-order chi connectivity index (χ0) is 10.1. The highest BCUT2D eigenvalue weighted by molar-refractivity contribution is 5.33. The van der Waals surface area contributed by atoms with Crippen molar-refractivity contribution in [2.24, 2.45) is 0 Å². The van der Waals surface area contributed by atoms with Crippen LogP contribution in [0, 0.1) is 10.1 Å². The summed E-state index contributed by atoms with van der Waals surface area (Å²) in [6, 6.07) is 1.56. The first-order valence-corrected chi connectivity index (χ1v) is 4.01. The van der Waals surface area contributed by atoms with E-state index in [2.05, 4.69) is 4.98 Å². The predicted octanol–water partition coefficient (Wildman–Crippen LogP) is 2.29. The first-order valence-electron chi connectivity index (χ1n) is 4.01. The Bertz CT molecular complexity index is 329. The van der Waals surface area contributed by atoms with E-state index in [1.165, 1.54) is 6.20 Å². The topological polar surface area (TPSA) is 56.0 Å². The number of nitrogens with zero attached hydrogens (tertiary/aromatic N) is 2. The van der Waals surface area contributed by atoms with Gasteiger partial charge >= 0.3 is 0 Å². The average Bonchev–Trinajstić information content (AvgIpc) is 2.03. The third kappa shape index (κ3) is 2.24. The molecule has 0 N–H and O–H groups in total. The van der Waals surface area contributed by atoms with Gasteiger partial charge in [0.2, 0.25) is 0 Å². The molecule has 0 aliphatic heterocycles. The van der Waals surface area contributed by atoms with Crippen molar-refractivity contribution >= 4 is 5.69 Å². The molecular formula is C9H12N2O2. The van der Waals surface area contributed by atoms with Crippen LogP contribution in [0.5, 0.6) is 0 Å². The van der Waals surface area contributed by atoms with Gasteiger partial charge in [-0.05, 0) is 11.0 Å². The Labute approximate surface area is 76.8 Å². The lowest BCUT2D eigenvalue weighted by molar-refractivity contribution is -0.385. The molecule has 0 saturated heterocycles. The van der Waals surface area contributed by atoms with E-state index >= 15 is 0 Å². The third-order valence-corrected chi connectivity index (χ3v) is 1.80. The fraction of sp³-hybridized carbons (Fsp3) is 0.444. The maximum absolute atomic E-state index is 10.4. The summed E-state index contributed by atoms with van der Waals surface area (Å²) in [6.45, 7) is 5.98. The van der Waals surface area contributed by atoms with Crippen molar-refractivity contribution in [3.05, 3.63) is 34.1 Å². The van der Waals surface area contributed by atoms with Gasteiger partial charge in [0.25, 0.3) is 5.69 Å². The van der Waals surface area contributed by atoms with Crippen molar-refractivity contribution in [2.75, 3.05) is 0 Å². The molecule has 0 atom stereocenters. The maximum Gasteiger partial charge on any atom is 0.287 e. The normalized spacial score (nSPS) is 11.3. The first kappa shape index (κ1) is 9.64. The summed E-state index contributed by atoms with van der Waals surface area (Å²) in [5, 5.41) is 10.4. The van der Waals surface area contributed by atoms with Gasteiger partial charge in [0.15, 0.2) is 0 Å². The van der Waals surface area contributed by atoms with Crippen LogP contribution in [0.4, 0.5) is 5.69 Å². The summed E-state index contributed by atoms with van der Waals surface area (Å²) in [5.41, 5.74) is 0.827. The molecule has 0 saturated carbocycles. The molecule has 1 rings (SSSR count). The van der Waals surface area contributed by atoms with Crippen LogP contribution < -0.4 is 0 Å². The quantitative estimate of drug-likeness (QED) is 0.492. The molecule has 0 aliphatic carbocycles. The van der Waals surface area contributed by atoms with E-state index in [1.54, 1.807) is 12.3 Å². The summed E-state index contributed by atoms with van der Waals surface area (Å²) in [7, 11) is 0. The fourth-order valence-electron chi connectivity index (χ4n) is 0.938. The summed E-state index contributed by atoms with van der Waals surface area (Å²) < 4.78 is 0. The number of aromatic nitrogens is 1.